The molecule has 1 fully saturated rings. The summed E-state index contributed by atoms with van der Waals surface area (Å²) in [5, 5.41) is 3.17. The van der Waals surface area contributed by atoms with Crippen molar-refractivity contribution in [2.24, 2.45) is 5.92 Å². The van der Waals surface area contributed by atoms with Crippen LogP contribution in [-0.4, -0.2) is 14.4 Å². The Kier molecular flexibility index (Phi) is 3.19. The number of fused-ring (bicyclic) bond motifs is 2. The molecule has 2 aliphatic rings. The highest BCUT2D eigenvalue weighted by Gasteiger charge is 2.31. The van der Waals surface area contributed by atoms with Gasteiger partial charge in [-0.25, -0.2) is 9.97 Å². The van der Waals surface area contributed by atoms with Gasteiger partial charge in [0.25, 0.3) is 0 Å². The maximum absolute atomic E-state index is 6.25. The number of imidazole rings is 1. The van der Waals surface area contributed by atoms with Gasteiger partial charge in [-0.3, -0.25) is 4.40 Å². The Hall–Kier alpha value is -3.08. The minimum Gasteiger partial charge on any atom is -0.382 e. The van der Waals surface area contributed by atoms with Crippen LogP contribution in [0.5, 0.6) is 0 Å². The lowest BCUT2D eigenvalue weighted by Crippen LogP contribution is -2.21. The van der Waals surface area contributed by atoms with E-state index in [1.54, 1.807) is 6.20 Å². The smallest absolute Gasteiger partial charge is 0.150 e. The lowest BCUT2D eigenvalue weighted by Gasteiger charge is -2.31. The van der Waals surface area contributed by atoms with Gasteiger partial charge in [0.15, 0.2) is 0 Å². The number of benzene rings is 1. The second kappa shape index (κ2) is 5.46. The molecule has 0 saturated heterocycles. The van der Waals surface area contributed by atoms with Crippen molar-refractivity contribution in [1.82, 2.24) is 19.7 Å². The van der Waals surface area contributed by atoms with E-state index in [4.69, 9.17) is 10.7 Å². The topological polar surface area (TPSA) is 68.2 Å². The number of nitrogens with two attached hydrogens (primary N) is 1. The average Bonchev–Trinajstić information content (AvgIpc) is 3.00. The number of nitrogen functional groups attached to an aromatic ring is 1. The Labute approximate surface area is 152 Å². The number of hydrogen-bond donors (Lipinski definition) is 2. The lowest BCUT2D eigenvalue weighted by atomic mass is 9.76. The van der Waals surface area contributed by atoms with Gasteiger partial charge >= 0.3 is 0 Å². The number of nitrogens with one attached hydrogen (secondary N) is 1. The molecule has 5 nitrogen and oxygen atoms in total. The Morgan fingerprint density at radius 2 is 2.15 bits per heavy atom. The fourth-order valence-corrected chi connectivity index (χ4v) is 4.11. The van der Waals surface area contributed by atoms with E-state index in [-0.39, 0.29) is 0 Å². The normalized spacial score (nSPS) is 21.3. The molecule has 5 rings (SSSR count). The Bertz CT molecular complexity index is 1070. The Balaban J connectivity index is 1.71. The molecule has 3 N–H and O–H groups in total. The SMILES string of the molecule is C=C1NC=Cc2ccc(-c3nc(C4CC(C)C4)n4ccnc(N)c34)cc21. The van der Waals surface area contributed by atoms with Crippen LogP contribution < -0.4 is 11.1 Å². The maximum Gasteiger partial charge on any atom is 0.150 e. The first-order valence-electron chi connectivity index (χ1n) is 9.01. The molecule has 0 bridgehead atoms. The number of anilines is 1. The minimum atomic E-state index is 0.491. The number of nitrogens with zero attached hydrogens (tertiary/aromatic N) is 3. The van der Waals surface area contributed by atoms with Crippen LogP contribution in [0.4, 0.5) is 5.82 Å². The van der Waals surface area contributed by atoms with Crippen LogP contribution in [-0.2, 0) is 0 Å². The number of rotatable bonds is 2. The summed E-state index contributed by atoms with van der Waals surface area (Å²) in [5.41, 5.74) is 12.2. The summed E-state index contributed by atoms with van der Waals surface area (Å²) >= 11 is 0. The summed E-state index contributed by atoms with van der Waals surface area (Å²) in [5.74, 6) is 2.87. The Morgan fingerprint density at radius 1 is 1.31 bits per heavy atom. The summed E-state index contributed by atoms with van der Waals surface area (Å²) in [6, 6.07) is 6.34. The predicted molar refractivity (Wildman–Crippen MR) is 105 cm³/mol. The van der Waals surface area contributed by atoms with Crippen molar-refractivity contribution in [1.29, 1.82) is 0 Å². The highest BCUT2D eigenvalue weighted by molar-refractivity contribution is 5.88. The molecule has 1 aliphatic carbocycles. The van der Waals surface area contributed by atoms with Gasteiger partial charge in [-0.05, 0) is 36.5 Å². The molecule has 1 saturated carbocycles. The summed E-state index contributed by atoms with van der Waals surface area (Å²) < 4.78 is 2.13. The molecular formula is C21H21N5. The van der Waals surface area contributed by atoms with Crippen LogP contribution in [0.1, 0.15) is 42.6 Å². The molecule has 2 aromatic heterocycles. The van der Waals surface area contributed by atoms with Crippen LogP contribution in [0.25, 0.3) is 28.5 Å². The minimum absolute atomic E-state index is 0.491. The standard InChI is InChI=1S/C21H21N5/c1-12-9-16(10-12)21-25-18(19-20(22)24-7-8-26(19)21)15-4-3-14-5-6-23-13(2)17(14)11-15/h3-8,11-12,16,23H,2,9-10H2,1H3,(H2,22,24). The summed E-state index contributed by atoms with van der Waals surface area (Å²) in [6.07, 6.45) is 10.0. The highest BCUT2D eigenvalue weighted by Crippen LogP contribution is 2.43. The van der Waals surface area contributed by atoms with Gasteiger partial charge < -0.3 is 11.1 Å². The van der Waals surface area contributed by atoms with E-state index < -0.39 is 0 Å². The second-order valence-electron chi connectivity index (χ2n) is 7.38. The molecule has 130 valence electrons. The Morgan fingerprint density at radius 3 is 2.96 bits per heavy atom. The third-order valence-electron chi connectivity index (χ3n) is 5.52. The van der Waals surface area contributed by atoms with Gasteiger partial charge in [0.05, 0.1) is 0 Å². The molecule has 0 amide bonds. The first-order valence-corrected chi connectivity index (χ1v) is 9.01. The van der Waals surface area contributed by atoms with Crippen LogP contribution in [0.3, 0.4) is 0 Å². The first-order chi connectivity index (χ1) is 12.6. The van der Waals surface area contributed by atoms with Crippen LogP contribution >= 0.6 is 0 Å². The molecule has 5 heteroatoms. The molecule has 0 spiro atoms. The molecule has 3 aromatic rings. The molecule has 3 heterocycles. The maximum atomic E-state index is 6.25. The van der Waals surface area contributed by atoms with Crippen LogP contribution in [0.15, 0.2) is 43.4 Å². The van der Waals surface area contributed by atoms with Crippen molar-refractivity contribution in [2.75, 3.05) is 5.73 Å². The monoisotopic (exact) mass is 343 g/mol. The van der Waals surface area contributed by atoms with Gasteiger partial charge in [-0.1, -0.05) is 25.6 Å². The second-order valence-corrected chi connectivity index (χ2v) is 7.38. The van der Waals surface area contributed by atoms with Crippen molar-refractivity contribution in [3.05, 3.63) is 60.3 Å². The first kappa shape index (κ1) is 15.2. The largest absolute Gasteiger partial charge is 0.382 e. The van der Waals surface area contributed by atoms with E-state index in [1.807, 2.05) is 12.4 Å². The molecule has 0 unspecified atom stereocenters. The number of hydrogen-bond acceptors (Lipinski definition) is 4. The third-order valence-corrected chi connectivity index (χ3v) is 5.52. The van der Waals surface area contributed by atoms with Crippen LogP contribution in [0, 0.1) is 5.92 Å². The van der Waals surface area contributed by atoms with Crippen molar-refractivity contribution >= 4 is 23.1 Å². The van der Waals surface area contributed by atoms with Crippen molar-refractivity contribution < 1.29 is 0 Å². The van der Waals surface area contributed by atoms with Gasteiger partial charge in [-0.2, -0.15) is 0 Å². The van der Waals surface area contributed by atoms with Gasteiger partial charge in [-0.15, -0.1) is 0 Å². The summed E-state index contributed by atoms with van der Waals surface area (Å²) in [6.45, 7) is 6.40. The van der Waals surface area contributed by atoms with E-state index >= 15 is 0 Å². The molecular weight excluding hydrogens is 322 g/mol. The lowest BCUT2D eigenvalue weighted by molar-refractivity contribution is 0.277. The van der Waals surface area contributed by atoms with Crippen molar-refractivity contribution in [2.45, 2.75) is 25.7 Å². The van der Waals surface area contributed by atoms with Crippen molar-refractivity contribution in [3.63, 3.8) is 0 Å². The molecule has 0 radical (unpaired) electrons. The van der Waals surface area contributed by atoms with E-state index in [1.165, 1.54) is 12.8 Å². The zero-order valence-corrected chi connectivity index (χ0v) is 14.7. The van der Waals surface area contributed by atoms with Gasteiger partial charge in [0, 0.05) is 41.3 Å². The molecule has 26 heavy (non-hydrogen) atoms. The van der Waals surface area contributed by atoms with E-state index in [0.717, 1.165) is 45.3 Å². The van der Waals surface area contributed by atoms with E-state index in [2.05, 4.69) is 52.5 Å². The molecule has 0 atom stereocenters. The zero-order chi connectivity index (χ0) is 17.8. The number of aromatic nitrogens is 3. The fourth-order valence-electron chi connectivity index (χ4n) is 4.11. The average molecular weight is 343 g/mol. The highest BCUT2D eigenvalue weighted by atomic mass is 15.1. The summed E-state index contributed by atoms with van der Waals surface area (Å²) in [7, 11) is 0. The van der Waals surface area contributed by atoms with Crippen molar-refractivity contribution in [3.8, 4) is 11.3 Å². The van der Waals surface area contributed by atoms with Crippen LogP contribution in [0.2, 0.25) is 0 Å². The van der Waals surface area contributed by atoms with E-state index in [9.17, 15) is 0 Å². The fraction of sp³-hybridized carbons (Fsp3) is 0.238. The van der Waals surface area contributed by atoms with Gasteiger partial charge in [0.2, 0.25) is 0 Å². The molecule has 1 aromatic carbocycles. The van der Waals surface area contributed by atoms with E-state index in [0.29, 0.717) is 11.7 Å². The summed E-state index contributed by atoms with van der Waals surface area (Å²) in [4.78, 5) is 9.33. The predicted octanol–water partition coefficient (Wildman–Crippen LogP) is 4.04. The third kappa shape index (κ3) is 2.17. The molecule has 1 aliphatic heterocycles. The quantitative estimate of drug-likeness (QED) is 0.737. The van der Waals surface area contributed by atoms with Gasteiger partial charge in [0.1, 0.15) is 22.9 Å². The zero-order valence-electron chi connectivity index (χ0n) is 14.7.